The van der Waals surface area contributed by atoms with Crippen LogP contribution in [0.1, 0.15) is 40.2 Å². The minimum absolute atomic E-state index is 0.178. The zero-order chi connectivity index (χ0) is 14.0. The topological polar surface area (TPSA) is 26.3 Å². The van der Waals surface area contributed by atoms with Gasteiger partial charge in [0.05, 0.1) is 0 Å². The van der Waals surface area contributed by atoms with Crippen LogP contribution in [0, 0.1) is 6.92 Å². The van der Waals surface area contributed by atoms with Crippen LogP contribution in [-0.4, -0.2) is 16.3 Å². The Morgan fingerprint density at radius 1 is 1.11 bits per heavy atom. The van der Waals surface area contributed by atoms with Gasteiger partial charge in [0.25, 0.3) is 0 Å². The molecule has 3 heteroatoms. The van der Waals surface area contributed by atoms with Crippen molar-refractivity contribution in [1.29, 1.82) is 0 Å². The van der Waals surface area contributed by atoms with Gasteiger partial charge in [0.2, 0.25) is 0 Å². The molecule has 0 aliphatic carbocycles. The van der Waals surface area contributed by atoms with E-state index >= 15 is 0 Å². The number of aryl methyl sites for hydroxylation is 1. The fourth-order valence-corrected chi connectivity index (χ4v) is 2.44. The van der Waals surface area contributed by atoms with Gasteiger partial charge < -0.3 is 4.74 Å². The molecule has 0 radical (unpaired) electrons. The lowest BCUT2D eigenvalue weighted by Crippen LogP contribution is -2.36. The van der Waals surface area contributed by atoms with Crippen molar-refractivity contribution >= 4 is 17.7 Å². The molecule has 0 spiro atoms. The summed E-state index contributed by atoms with van der Waals surface area (Å²) in [5.74, 6) is -0.178. The number of rotatable bonds is 3. The van der Waals surface area contributed by atoms with Crippen molar-refractivity contribution < 1.29 is 9.53 Å². The Morgan fingerprint density at radius 3 is 2.17 bits per heavy atom. The molecular formula is C15H22O2S. The monoisotopic (exact) mass is 266 g/mol. The largest absolute Gasteiger partial charge is 0.459 e. The quantitative estimate of drug-likeness (QED) is 0.605. The van der Waals surface area contributed by atoms with Crippen molar-refractivity contribution in [3.63, 3.8) is 0 Å². The molecule has 0 bridgehead atoms. The van der Waals surface area contributed by atoms with Crippen LogP contribution in [0.4, 0.5) is 0 Å². The molecule has 0 saturated carbocycles. The first-order chi connectivity index (χ1) is 8.12. The summed E-state index contributed by atoms with van der Waals surface area (Å²) < 4.78 is 4.87. The Balaban J connectivity index is 2.82. The van der Waals surface area contributed by atoms with Gasteiger partial charge >= 0.3 is 5.97 Å². The van der Waals surface area contributed by atoms with E-state index in [-0.39, 0.29) is 5.97 Å². The maximum atomic E-state index is 12.2. The summed E-state index contributed by atoms with van der Waals surface area (Å²) in [6, 6.07) is 8.07. The second-order valence-corrected chi connectivity index (χ2v) is 7.54. The highest BCUT2D eigenvalue weighted by Crippen LogP contribution is 2.36. The Morgan fingerprint density at radius 2 is 1.67 bits per heavy atom. The highest BCUT2D eigenvalue weighted by molar-refractivity contribution is 8.01. The average Bonchev–Trinajstić information content (AvgIpc) is 2.18. The number of esters is 1. The van der Waals surface area contributed by atoms with E-state index < -0.39 is 10.3 Å². The van der Waals surface area contributed by atoms with Gasteiger partial charge in [-0.15, -0.1) is 11.8 Å². The minimum atomic E-state index is -0.584. The molecule has 0 fully saturated rings. The lowest BCUT2D eigenvalue weighted by molar-refractivity contribution is -0.156. The first kappa shape index (κ1) is 15.1. The molecule has 0 saturated heterocycles. The minimum Gasteiger partial charge on any atom is -0.459 e. The summed E-state index contributed by atoms with van der Waals surface area (Å²) in [6.07, 6.45) is 0. The van der Waals surface area contributed by atoms with E-state index in [1.165, 1.54) is 5.56 Å². The Kier molecular flexibility index (Phi) is 4.49. The average molecular weight is 266 g/mol. The van der Waals surface area contributed by atoms with E-state index in [4.69, 9.17) is 4.74 Å². The lowest BCUT2D eigenvalue weighted by Gasteiger charge is -2.28. The molecular weight excluding hydrogens is 244 g/mol. The van der Waals surface area contributed by atoms with Crippen LogP contribution in [0.15, 0.2) is 29.2 Å². The number of hydrogen-bond acceptors (Lipinski definition) is 3. The Labute approximate surface area is 114 Å². The van der Waals surface area contributed by atoms with Gasteiger partial charge in [-0.1, -0.05) is 18.2 Å². The van der Waals surface area contributed by atoms with Gasteiger partial charge in [-0.3, -0.25) is 4.79 Å². The van der Waals surface area contributed by atoms with Gasteiger partial charge in [0.15, 0.2) is 0 Å². The van der Waals surface area contributed by atoms with E-state index in [1.54, 1.807) is 11.8 Å². The van der Waals surface area contributed by atoms with Gasteiger partial charge in [-0.05, 0) is 53.2 Å². The van der Waals surface area contributed by atoms with Crippen LogP contribution in [-0.2, 0) is 9.53 Å². The fraction of sp³-hybridized carbons (Fsp3) is 0.533. The van der Waals surface area contributed by atoms with Gasteiger partial charge in [-0.2, -0.15) is 0 Å². The standard InChI is InChI=1S/C15H22O2S/c1-11-9-7-8-10-12(11)18-15(5,6)13(16)17-14(2,3)4/h7-10H,1-6H3. The molecule has 0 aromatic heterocycles. The summed E-state index contributed by atoms with van der Waals surface area (Å²) in [7, 11) is 0. The number of hydrogen-bond donors (Lipinski definition) is 0. The Hall–Kier alpha value is -0.960. The first-order valence-corrected chi connectivity index (χ1v) is 6.91. The van der Waals surface area contributed by atoms with Gasteiger partial charge in [0, 0.05) is 4.90 Å². The van der Waals surface area contributed by atoms with Crippen LogP contribution in [0.2, 0.25) is 0 Å². The van der Waals surface area contributed by atoms with Crippen molar-refractivity contribution in [2.24, 2.45) is 0 Å². The number of thioether (sulfide) groups is 1. The van der Waals surface area contributed by atoms with Crippen LogP contribution >= 0.6 is 11.8 Å². The molecule has 0 aliphatic rings. The highest BCUT2D eigenvalue weighted by Gasteiger charge is 2.33. The summed E-state index contributed by atoms with van der Waals surface area (Å²) in [4.78, 5) is 13.3. The molecule has 0 unspecified atom stereocenters. The van der Waals surface area contributed by atoms with Crippen molar-refractivity contribution in [3.8, 4) is 0 Å². The predicted molar refractivity (Wildman–Crippen MR) is 77.0 cm³/mol. The van der Waals surface area contributed by atoms with E-state index in [1.807, 2.05) is 65.8 Å². The van der Waals surface area contributed by atoms with E-state index in [9.17, 15) is 4.79 Å². The molecule has 2 nitrogen and oxygen atoms in total. The number of carbonyl (C=O) groups is 1. The van der Waals surface area contributed by atoms with E-state index in [0.717, 1.165) is 4.90 Å². The normalized spacial score (nSPS) is 12.3. The molecule has 0 atom stereocenters. The zero-order valence-electron chi connectivity index (χ0n) is 12.0. The van der Waals surface area contributed by atoms with Crippen LogP contribution in [0.25, 0.3) is 0 Å². The third-order valence-electron chi connectivity index (χ3n) is 2.35. The molecule has 0 heterocycles. The highest BCUT2D eigenvalue weighted by atomic mass is 32.2. The fourth-order valence-electron chi connectivity index (χ4n) is 1.39. The van der Waals surface area contributed by atoms with Gasteiger partial charge in [-0.25, -0.2) is 0 Å². The van der Waals surface area contributed by atoms with Crippen molar-refractivity contribution in [2.75, 3.05) is 0 Å². The molecule has 0 amide bonds. The second-order valence-electron chi connectivity index (χ2n) is 5.88. The van der Waals surface area contributed by atoms with Crippen LogP contribution in [0.5, 0.6) is 0 Å². The van der Waals surface area contributed by atoms with Crippen molar-refractivity contribution in [3.05, 3.63) is 29.8 Å². The Bertz CT molecular complexity index is 430. The molecule has 1 rings (SSSR count). The van der Waals surface area contributed by atoms with Crippen LogP contribution in [0.3, 0.4) is 0 Å². The van der Waals surface area contributed by atoms with Gasteiger partial charge in [0.1, 0.15) is 10.3 Å². The van der Waals surface area contributed by atoms with Crippen LogP contribution < -0.4 is 0 Å². The van der Waals surface area contributed by atoms with E-state index in [0.29, 0.717) is 0 Å². The third kappa shape index (κ3) is 4.37. The first-order valence-electron chi connectivity index (χ1n) is 6.10. The summed E-state index contributed by atoms with van der Waals surface area (Å²) in [6.45, 7) is 11.5. The predicted octanol–water partition coefficient (Wildman–Crippen LogP) is 4.21. The summed E-state index contributed by atoms with van der Waals surface area (Å²) in [5, 5.41) is 0. The number of carbonyl (C=O) groups excluding carboxylic acids is 1. The molecule has 0 N–H and O–H groups in total. The summed E-state index contributed by atoms with van der Waals surface area (Å²) >= 11 is 1.55. The second kappa shape index (κ2) is 5.35. The SMILES string of the molecule is Cc1ccccc1SC(C)(C)C(=O)OC(C)(C)C. The molecule has 0 aliphatic heterocycles. The van der Waals surface area contributed by atoms with E-state index in [2.05, 4.69) is 0 Å². The molecule has 1 aromatic rings. The maximum Gasteiger partial charge on any atom is 0.322 e. The third-order valence-corrected chi connectivity index (χ3v) is 3.70. The maximum absolute atomic E-state index is 12.2. The molecule has 100 valence electrons. The molecule has 1 aromatic carbocycles. The lowest BCUT2D eigenvalue weighted by atomic mass is 10.1. The van der Waals surface area contributed by atoms with Crippen molar-refractivity contribution in [2.45, 2.75) is 56.8 Å². The zero-order valence-corrected chi connectivity index (χ0v) is 12.9. The smallest absolute Gasteiger partial charge is 0.322 e. The molecule has 18 heavy (non-hydrogen) atoms. The number of ether oxygens (including phenoxy) is 1. The summed E-state index contributed by atoms with van der Waals surface area (Å²) in [5.41, 5.74) is 0.736. The number of benzene rings is 1. The van der Waals surface area contributed by atoms with Crippen molar-refractivity contribution in [1.82, 2.24) is 0 Å².